The number of hydrogen-bond acceptors (Lipinski definition) is 4. The molecular weight excluding hydrogens is 196 g/mol. The van der Waals surface area contributed by atoms with Gasteiger partial charge in [0.2, 0.25) is 0 Å². The van der Waals surface area contributed by atoms with E-state index in [-0.39, 0.29) is 5.97 Å². The van der Waals surface area contributed by atoms with Crippen LogP contribution in [0, 0.1) is 0 Å². The van der Waals surface area contributed by atoms with Gasteiger partial charge in [-0.2, -0.15) is 0 Å². The van der Waals surface area contributed by atoms with Gasteiger partial charge in [-0.05, 0) is 6.07 Å². The van der Waals surface area contributed by atoms with Crippen LogP contribution in [-0.2, 0) is 14.3 Å². The van der Waals surface area contributed by atoms with E-state index in [1.165, 1.54) is 21.1 Å². The van der Waals surface area contributed by atoms with Crippen molar-refractivity contribution in [3.05, 3.63) is 29.8 Å². The van der Waals surface area contributed by atoms with Crippen LogP contribution in [-0.4, -0.2) is 20.2 Å². The van der Waals surface area contributed by atoms with Gasteiger partial charge in [0.15, 0.2) is 6.29 Å². The highest BCUT2D eigenvalue weighted by Crippen LogP contribution is 2.27. The number of benzene rings is 1. The molecule has 0 heterocycles. The second kappa shape index (κ2) is 5.48. The van der Waals surface area contributed by atoms with Crippen LogP contribution < -0.4 is 4.74 Å². The minimum absolute atomic E-state index is 0.367. The van der Waals surface area contributed by atoms with Crippen LogP contribution in [0.3, 0.4) is 0 Å². The van der Waals surface area contributed by atoms with E-state index < -0.39 is 6.29 Å². The molecule has 15 heavy (non-hydrogen) atoms. The van der Waals surface area contributed by atoms with Gasteiger partial charge in [0.1, 0.15) is 5.75 Å². The summed E-state index contributed by atoms with van der Waals surface area (Å²) in [5, 5.41) is 0. The average molecular weight is 210 g/mol. The van der Waals surface area contributed by atoms with Gasteiger partial charge >= 0.3 is 5.97 Å². The first-order valence-corrected chi connectivity index (χ1v) is 4.52. The SMILES string of the molecule is COC(OC)c1ccccc1OC(C)=O. The third kappa shape index (κ3) is 3.04. The number of hydrogen-bond donors (Lipinski definition) is 0. The fraction of sp³-hybridized carbons (Fsp3) is 0.364. The van der Waals surface area contributed by atoms with Gasteiger partial charge in [0, 0.05) is 21.1 Å². The average Bonchev–Trinajstić information content (AvgIpc) is 2.21. The molecule has 0 aliphatic rings. The summed E-state index contributed by atoms with van der Waals surface area (Å²) in [6.07, 6.45) is -0.527. The zero-order valence-corrected chi connectivity index (χ0v) is 9.02. The number of ether oxygens (including phenoxy) is 3. The van der Waals surface area contributed by atoms with Gasteiger partial charge in [0.05, 0.1) is 5.56 Å². The molecule has 1 rings (SSSR count). The molecule has 0 saturated heterocycles. The van der Waals surface area contributed by atoms with Crippen molar-refractivity contribution in [2.75, 3.05) is 14.2 Å². The van der Waals surface area contributed by atoms with Crippen molar-refractivity contribution in [3.8, 4) is 5.75 Å². The number of esters is 1. The predicted molar refractivity (Wildman–Crippen MR) is 54.5 cm³/mol. The predicted octanol–water partition coefficient (Wildman–Crippen LogP) is 1.90. The molecule has 0 bridgehead atoms. The van der Waals surface area contributed by atoms with Gasteiger partial charge < -0.3 is 14.2 Å². The largest absolute Gasteiger partial charge is 0.426 e. The molecule has 0 saturated carbocycles. The van der Waals surface area contributed by atoms with Crippen molar-refractivity contribution < 1.29 is 19.0 Å². The molecule has 0 radical (unpaired) electrons. The van der Waals surface area contributed by atoms with E-state index in [1.807, 2.05) is 6.07 Å². The van der Waals surface area contributed by atoms with E-state index in [9.17, 15) is 4.79 Å². The van der Waals surface area contributed by atoms with E-state index in [2.05, 4.69) is 0 Å². The first kappa shape index (κ1) is 11.7. The lowest BCUT2D eigenvalue weighted by Crippen LogP contribution is -2.09. The molecule has 0 N–H and O–H groups in total. The van der Waals surface area contributed by atoms with E-state index in [0.29, 0.717) is 11.3 Å². The summed E-state index contributed by atoms with van der Waals surface area (Å²) < 4.78 is 15.2. The van der Waals surface area contributed by atoms with Gasteiger partial charge in [-0.15, -0.1) is 0 Å². The fourth-order valence-electron chi connectivity index (χ4n) is 1.27. The summed E-state index contributed by atoms with van der Waals surface area (Å²) >= 11 is 0. The third-order valence-corrected chi connectivity index (χ3v) is 1.85. The smallest absolute Gasteiger partial charge is 0.308 e. The summed E-state index contributed by atoms with van der Waals surface area (Å²) in [7, 11) is 3.05. The molecule has 4 heteroatoms. The first-order valence-electron chi connectivity index (χ1n) is 4.52. The Labute approximate surface area is 88.8 Å². The van der Waals surface area contributed by atoms with Crippen molar-refractivity contribution in [2.24, 2.45) is 0 Å². The van der Waals surface area contributed by atoms with E-state index >= 15 is 0 Å². The Hall–Kier alpha value is -1.39. The molecule has 1 aromatic carbocycles. The quantitative estimate of drug-likeness (QED) is 0.432. The molecule has 4 nitrogen and oxygen atoms in total. The molecule has 0 aliphatic carbocycles. The molecular formula is C11H14O4. The standard InChI is InChI=1S/C11H14O4/c1-8(12)15-10-7-5-4-6-9(10)11(13-2)14-3/h4-7,11H,1-3H3. The second-order valence-electron chi connectivity index (χ2n) is 2.93. The lowest BCUT2D eigenvalue weighted by molar-refractivity contribution is -0.132. The Morgan fingerprint density at radius 3 is 2.33 bits per heavy atom. The van der Waals surface area contributed by atoms with Crippen LogP contribution in [0.5, 0.6) is 5.75 Å². The van der Waals surface area contributed by atoms with Gasteiger partial charge in [0.25, 0.3) is 0 Å². The van der Waals surface area contributed by atoms with E-state index in [0.717, 1.165) is 0 Å². The molecule has 0 aromatic heterocycles. The topological polar surface area (TPSA) is 44.8 Å². The number of para-hydroxylation sites is 1. The van der Waals surface area contributed by atoms with Gasteiger partial charge in [-0.25, -0.2) is 0 Å². The monoisotopic (exact) mass is 210 g/mol. The van der Waals surface area contributed by atoms with E-state index in [4.69, 9.17) is 14.2 Å². The maximum Gasteiger partial charge on any atom is 0.308 e. The van der Waals surface area contributed by atoms with E-state index in [1.54, 1.807) is 18.2 Å². The summed E-state index contributed by atoms with van der Waals surface area (Å²) in [5.74, 6) is 0.0899. The lowest BCUT2D eigenvalue weighted by atomic mass is 10.2. The second-order valence-corrected chi connectivity index (χ2v) is 2.93. The fourth-order valence-corrected chi connectivity index (χ4v) is 1.27. The summed E-state index contributed by atoms with van der Waals surface area (Å²) in [6, 6.07) is 7.09. The maximum atomic E-state index is 10.9. The highest BCUT2D eigenvalue weighted by atomic mass is 16.7. The van der Waals surface area contributed by atoms with Crippen molar-refractivity contribution in [1.29, 1.82) is 0 Å². The van der Waals surface area contributed by atoms with Crippen LogP contribution in [0.15, 0.2) is 24.3 Å². The minimum Gasteiger partial charge on any atom is -0.426 e. The Kier molecular flexibility index (Phi) is 4.27. The van der Waals surface area contributed by atoms with Crippen LogP contribution in [0.4, 0.5) is 0 Å². The summed E-state index contributed by atoms with van der Waals surface area (Å²) in [4.78, 5) is 10.9. The molecule has 0 unspecified atom stereocenters. The van der Waals surface area contributed by atoms with Gasteiger partial charge in [-0.1, -0.05) is 18.2 Å². The molecule has 0 fully saturated rings. The number of methoxy groups -OCH3 is 2. The van der Waals surface area contributed by atoms with Crippen LogP contribution in [0.1, 0.15) is 18.8 Å². The summed E-state index contributed by atoms with van der Waals surface area (Å²) in [6.45, 7) is 1.35. The van der Waals surface area contributed by atoms with Crippen molar-refractivity contribution in [2.45, 2.75) is 13.2 Å². The minimum atomic E-state index is -0.527. The molecule has 0 aliphatic heterocycles. The Bertz CT molecular complexity index is 331. The van der Waals surface area contributed by atoms with Crippen molar-refractivity contribution in [1.82, 2.24) is 0 Å². The summed E-state index contributed by atoms with van der Waals surface area (Å²) in [5.41, 5.74) is 0.692. The Balaban J connectivity index is 2.99. The number of carbonyl (C=O) groups excluding carboxylic acids is 1. The number of carbonyl (C=O) groups is 1. The maximum absolute atomic E-state index is 10.9. The third-order valence-electron chi connectivity index (χ3n) is 1.85. The molecule has 0 atom stereocenters. The van der Waals surface area contributed by atoms with Crippen LogP contribution in [0.2, 0.25) is 0 Å². The number of rotatable bonds is 4. The molecule has 0 spiro atoms. The van der Waals surface area contributed by atoms with Crippen molar-refractivity contribution >= 4 is 5.97 Å². The highest BCUT2D eigenvalue weighted by molar-refractivity contribution is 5.69. The lowest BCUT2D eigenvalue weighted by Gasteiger charge is -2.16. The Morgan fingerprint density at radius 2 is 1.80 bits per heavy atom. The zero-order valence-electron chi connectivity index (χ0n) is 9.02. The molecule has 1 aromatic rings. The van der Waals surface area contributed by atoms with Crippen LogP contribution >= 0.6 is 0 Å². The van der Waals surface area contributed by atoms with Crippen molar-refractivity contribution in [3.63, 3.8) is 0 Å². The Morgan fingerprint density at radius 1 is 1.20 bits per heavy atom. The molecule has 0 amide bonds. The highest BCUT2D eigenvalue weighted by Gasteiger charge is 2.15. The first-order chi connectivity index (χ1) is 7.19. The molecule has 82 valence electrons. The van der Waals surface area contributed by atoms with Gasteiger partial charge in [-0.3, -0.25) is 4.79 Å². The zero-order chi connectivity index (χ0) is 11.3. The normalized spacial score (nSPS) is 10.4. The van der Waals surface area contributed by atoms with Crippen LogP contribution in [0.25, 0.3) is 0 Å².